The second-order valence-electron chi connectivity index (χ2n) is 4.88. The molecule has 3 heterocycles. The molecule has 4 aromatic rings. The molecule has 0 spiro atoms. The minimum atomic E-state index is 0.470. The van der Waals surface area contributed by atoms with Gasteiger partial charge in [0.2, 0.25) is 0 Å². The standard InChI is InChI=1S/C15H11ClN8/c16-9-2-1-3-10(4-9)22-13-12-14(18-6-11-5-17-7-19-11)23-24-15(12)21-8-20-13/h1-8H,(H,17,19)(H2,20,21,22,23,24). The van der Waals surface area contributed by atoms with Gasteiger partial charge in [-0.2, -0.15) is 5.10 Å². The lowest BCUT2D eigenvalue weighted by Gasteiger charge is -2.06. The van der Waals surface area contributed by atoms with E-state index in [1.165, 1.54) is 6.33 Å². The number of fused-ring (bicyclic) bond motifs is 1. The van der Waals surface area contributed by atoms with Crippen molar-refractivity contribution in [3.8, 4) is 0 Å². The summed E-state index contributed by atoms with van der Waals surface area (Å²) in [6.07, 6.45) is 6.39. The van der Waals surface area contributed by atoms with Crippen LogP contribution in [0.1, 0.15) is 5.69 Å². The highest BCUT2D eigenvalue weighted by atomic mass is 35.5. The Kier molecular flexibility index (Phi) is 3.64. The Bertz CT molecular complexity index is 1010. The molecule has 118 valence electrons. The van der Waals surface area contributed by atoms with E-state index in [4.69, 9.17) is 11.6 Å². The summed E-state index contributed by atoms with van der Waals surface area (Å²) >= 11 is 6.02. The summed E-state index contributed by atoms with van der Waals surface area (Å²) in [7, 11) is 0. The van der Waals surface area contributed by atoms with Gasteiger partial charge in [0, 0.05) is 16.9 Å². The van der Waals surface area contributed by atoms with Crippen LogP contribution in [0, 0.1) is 0 Å². The highest BCUT2D eigenvalue weighted by Gasteiger charge is 2.12. The molecule has 0 atom stereocenters. The van der Waals surface area contributed by atoms with Gasteiger partial charge in [-0.25, -0.2) is 19.9 Å². The molecule has 4 rings (SSSR count). The number of nitrogens with one attached hydrogen (secondary N) is 3. The van der Waals surface area contributed by atoms with Crippen LogP contribution in [-0.4, -0.2) is 36.3 Å². The normalized spacial score (nSPS) is 11.4. The molecule has 0 bridgehead atoms. The molecule has 0 fully saturated rings. The monoisotopic (exact) mass is 338 g/mol. The summed E-state index contributed by atoms with van der Waals surface area (Å²) in [5, 5.41) is 11.6. The Hall–Kier alpha value is -3.26. The second-order valence-corrected chi connectivity index (χ2v) is 5.32. The lowest BCUT2D eigenvalue weighted by Crippen LogP contribution is -1.95. The quantitative estimate of drug-likeness (QED) is 0.495. The van der Waals surface area contributed by atoms with Crippen molar-refractivity contribution >= 4 is 46.2 Å². The van der Waals surface area contributed by atoms with Crippen LogP contribution in [-0.2, 0) is 0 Å². The van der Waals surface area contributed by atoms with Crippen molar-refractivity contribution in [2.24, 2.45) is 4.99 Å². The molecule has 0 aliphatic carbocycles. The van der Waals surface area contributed by atoms with Gasteiger partial charge in [-0.3, -0.25) is 5.10 Å². The molecule has 0 aliphatic rings. The van der Waals surface area contributed by atoms with E-state index in [9.17, 15) is 0 Å². The fourth-order valence-corrected chi connectivity index (χ4v) is 2.39. The van der Waals surface area contributed by atoms with Gasteiger partial charge >= 0.3 is 0 Å². The third-order valence-corrected chi connectivity index (χ3v) is 3.50. The van der Waals surface area contributed by atoms with E-state index in [1.54, 1.807) is 24.8 Å². The number of anilines is 2. The molecule has 0 aliphatic heterocycles. The molecule has 0 unspecified atom stereocenters. The molecule has 3 N–H and O–H groups in total. The van der Waals surface area contributed by atoms with Crippen LogP contribution < -0.4 is 5.32 Å². The molecule has 8 nitrogen and oxygen atoms in total. The topological polar surface area (TPSA) is 108 Å². The Labute approximate surface area is 141 Å². The molecule has 1 aromatic carbocycles. The number of aromatic amines is 2. The Balaban J connectivity index is 1.74. The number of aromatic nitrogens is 6. The average Bonchev–Trinajstić information content (AvgIpc) is 3.23. The summed E-state index contributed by atoms with van der Waals surface area (Å²) in [6.45, 7) is 0. The molecule has 0 saturated heterocycles. The minimum Gasteiger partial charge on any atom is -0.351 e. The van der Waals surface area contributed by atoms with Crippen molar-refractivity contribution in [3.63, 3.8) is 0 Å². The first-order valence-corrected chi connectivity index (χ1v) is 7.42. The van der Waals surface area contributed by atoms with E-state index in [-0.39, 0.29) is 0 Å². The first-order chi connectivity index (χ1) is 11.8. The molecule has 3 aromatic heterocycles. The number of aliphatic imine (C=N–C) groups is 1. The maximum Gasteiger partial charge on any atom is 0.187 e. The molecule has 0 amide bonds. The van der Waals surface area contributed by atoms with Gasteiger partial charge in [0.15, 0.2) is 11.5 Å². The lowest BCUT2D eigenvalue weighted by molar-refractivity contribution is 1.08. The fourth-order valence-electron chi connectivity index (χ4n) is 2.20. The van der Waals surface area contributed by atoms with Crippen molar-refractivity contribution in [3.05, 3.63) is 53.8 Å². The third-order valence-electron chi connectivity index (χ3n) is 3.26. The van der Waals surface area contributed by atoms with Gasteiger partial charge in [-0.1, -0.05) is 17.7 Å². The van der Waals surface area contributed by atoms with Crippen molar-refractivity contribution in [2.45, 2.75) is 0 Å². The smallest absolute Gasteiger partial charge is 0.187 e. The predicted molar refractivity (Wildman–Crippen MR) is 92.3 cm³/mol. The van der Waals surface area contributed by atoms with Crippen LogP contribution >= 0.6 is 11.6 Å². The number of hydrogen-bond donors (Lipinski definition) is 3. The van der Waals surface area contributed by atoms with E-state index in [2.05, 4.69) is 40.4 Å². The van der Waals surface area contributed by atoms with Gasteiger partial charge in [0.1, 0.15) is 17.5 Å². The van der Waals surface area contributed by atoms with E-state index < -0.39 is 0 Å². The average molecular weight is 339 g/mol. The highest BCUT2D eigenvalue weighted by molar-refractivity contribution is 6.30. The SMILES string of the molecule is Clc1cccc(Nc2ncnc3[nH]nc(N=Cc4c[nH]cn4)c23)c1. The molecule has 9 heteroatoms. The van der Waals surface area contributed by atoms with Crippen LogP contribution in [0.4, 0.5) is 17.3 Å². The van der Waals surface area contributed by atoms with E-state index in [0.717, 1.165) is 5.69 Å². The first kappa shape index (κ1) is 14.3. The van der Waals surface area contributed by atoms with Crippen LogP contribution in [0.2, 0.25) is 5.02 Å². The van der Waals surface area contributed by atoms with Crippen molar-refractivity contribution in [2.75, 3.05) is 5.32 Å². The van der Waals surface area contributed by atoms with Crippen LogP contribution in [0.25, 0.3) is 11.0 Å². The zero-order valence-electron chi connectivity index (χ0n) is 12.2. The molecular formula is C15H11ClN8. The van der Waals surface area contributed by atoms with Crippen LogP contribution in [0.3, 0.4) is 0 Å². The number of halogens is 1. The number of benzene rings is 1. The minimum absolute atomic E-state index is 0.470. The van der Waals surface area contributed by atoms with Gasteiger partial charge < -0.3 is 10.3 Å². The number of rotatable bonds is 4. The molecule has 0 radical (unpaired) electrons. The Morgan fingerprint density at radius 3 is 3.00 bits per heavy atom. The summed E-state index contributed by atoms with van der Waals surface area (Å²) < 4.78 is 0. The first-order valence-electron chi connectivity index (χ1n) is 7.04. The highest BCUT2D eigenvalue weighted by Crippen LogP contribution is 2.30. The largest absolute Gasteiger partial charge is 0.351 e. The molecule has 0 saturated carbocycles. The number of imidazole rings is 1. The second kappa shape index (κ2) is 6.09. The van der Waals surface area contributed by atoms with Gasteiger partial charge in [0.05, 0.1) is 18.2 Å². The summed E-state index contributed by atoms with van der Waals surface area (Å²) in [4.78, 5) is 19.8. The number of H-pyrrole nitrogens is 2. The summed E-state index contributed by atoms with van der Waals surface area (Å²) in [6, 6.07) is 7.36. The lowest BCUT2D eigenvalue weighted by atomic mass is 10.3. The Morgan fingerprint density at radius 2 is 2.17 bits per heavy atom. The summed E-state index contributed by atoms with van der Waals surface area (Å²) in [5.74, 6) is 1.06. The van der Waals surface area contributed by atoms with E-state index in [1.807, 2.05) is 18.2 Å². The van der Waals surface area contributed by atoms with Crippen molar-refractivity contribution < 1.29 is 0 Å². The third kappa shape index (κ3) is 2.82. The van der Waals surface area contributed by atoms with Crippen molar-refractivity contribution in [1.29, 1.82) is 0 Å². The number of nitrogens with zero attached hydrogens (tertiary/aromatic N) is 5. The zero-order valence-corrected chi connectivity index (χ0v) is 13.0. The van der Waals surface area contributed by atoms with Crippen LogP contribution in [0.5, 0.6) is 0 Å². The van der Waals surface area contributed by atoms with Gasteiger partial charge in [-0.15, -0.1) is 0 Å². The fraction of sp³-hybridized carbons (Fsp3) is 0. The maximum absolute atomic E-state index is 6.02. The maximum atomic E-state index is 6.02. The van der Waals surface area contributed by atoms with E-state index in [0.29, 0.717) is 33.4 Å². The predicted octanol–water partition coefficient (Wildman–Crippen LogP) is 3.22. The van der Waals surface area contributed by atoms with Crippen LogP contribution in [0.15, 0.2) is 48.1 Å². The van der Waals surface area contributed by atoms with Gasteiger partial charge in [0.25, 0.3) is 0 Å². The van der Waals surface area contributed by atoms with Crippen molar-refractivity contribution in [1.82, 2.24) is 30.1 Å². The van der Waals surface area contributed by atoms with E-state index >= 15 is 0 Å². The number of hydrogen-bond acceptors (Lipinski definition) is 6. The summed E-state index contributed by atoms with van der Waals surface area (Å²) in [5.41, 5.74) is 2.10. The van der Waals surface area contributed by atoms with Gasteiger partial charge in [-0.05, 0) is 18.2 Å². The zero-order chi connectivity index (χ0) is 16.4. The molecule has 24 heavy (non-hydrogen) atoms. The Morgan fingerprint density at radius 1 is 1.21 bits per heavy atom. The molecular weight excluding hydrogens is 328 g/mol.